The Labute approximate surface area is 73.7 Å². The Morgan fingerprint density at radius 1 is 1.75 bits per heavy atom. The summed E-state index contributed by atoms with van der Waals surface area (Å²) in [5.41, 5.74) is 5.19. The van der Waals surface area contributed by atoms with E-state index < -0.39 is 0 Å². The Hall–Kier alpha value is -0.570. The average Bonchev–Trinajstić information content (AvgIpc) is 2.06. The molecule has 0 aromatic heterocycles. The van der Waals surface area contributed by atoms with Gasteiger partial charge in [-0.25, -0.2) is 0 Å². The first-order valence-electron chi connectivity index (χ1n) is 4.70. The number of hydrogen-bond donors (Lipinski definition) is 2. The maximum Gasteiger partial charge on any atom is 0.220 e. The van der Waals surface area contributed by atoms with Crippen molar-refractivity contribution in [2.24, 2.45) is 17.6 Å². The van der Waals surface area contributed by atoms with Crippen LogP contribution in [0.1, 0.15) is 26.2 Å². The fraction of sp³-hybridized carbons (Fsp3) is 0.889. The number of carbonyl (C=O) groups is 1. The van der Waals surface area contributed by atoms with Crippen molar-refractivity contribution in [3.63, 3.8) is 0 Å². The standard InChI is InChI=1S/C9H18N2O/c1-7(9(10)12)5-8-3-2-4-11-6-8/h7-8,11H,2-6H2,1H3,(H2,10,12)/t7-,8-/m1/s1. The second-order valence-corrected chi connectivity index (χ2v) is 3.75. The zero-order valence-corrected chi connectivity index (χ0v) is 7.68. The lowest BCUT2D eigenvalue weighted by molar-refractivity contribution is -0.121. The minimum absolute atomic E-state index is 0.0369. The third-order valence-electron chi connectivity index (χ3n) is 2.57. The summed E-state index contributed by atoms with van der Waals surface area (Å²) in [6.45, 7) is 4.09. The van der Waals surface area contributed by atoms with Crippen LogP contribution in [0.4, 0.5) is 0 Å². The monoisotopic (exact) mass is 170 g/mol. The molecule has 0 saturated carbocycles. The van der Waals surface area contributed by atoms with E-state index in [0.29, 0.717) is 5.92 Å². The molecule has 0 unspecified atom stereocenters. The van der Waals surface area contributed by atoms with Crippen molar-refractivity contribution in [3.05, 3.63) is 0 Å². The topological polar surface area (TPSA) is 55.1 Å². The molecule has 0 spiro atoms. The van der Waals surface area contributed by atoms with Gasteiger partial charge in [-0.2, -0.15) is 0 Å². The number of hydrogen-bond acceptors (Lipinski definition) is 2. The third-order valence-corrected chi connectivity index (χ3v) is 2.57. The summed E-state index contributed by atoms with van der Waals surface area (Å²) in [5, 5.41) is 3.33. The van der Waals surface area contributed by atoms with Crippen molar-refractivity contribution in [2.75, 3.05) is 13.1 Å². The van der Waals surface area contributed by atoms with Gasteiger partial charge in [-0.1, -0.05) is 6.92 Å². The van der Waals surface area contributed by atoms with Gasteiger partial charge in [0.05, 0.1) is 0 Å². The summed E-state index contributed by atoms with van der Waals surface area (Å²) in [4.78, 5) is 10.8. The van der Waals surface area contributed by atoms with Crippen molar-refractivity contribution in [2.45, 2.75) is 26.2 Å². The Balaban J connectivity index is 2.24. The van der Waals surface area contributed by atoms with Crippen molar-refractivity contribution >= 4 is 5.91 Å². The van der Waals surface area contributed by atoms with Gasteiger partial charge in [0.25, 0.3) is 0 Å². The number of carbonyl (C=O) groups excluding carboxylic acids is 1. The summed E-state index contributed by atoms with van der Waals surface area (Å²) in [7, 11) is 0. The number of primary amides is 1. The molecule has 0 aromatic rings. The van der Waals surface area contributed by atoms with Crippen LogP contribution in [0.5, 0.6) is 0 Å². The van der Waals surface area contributed by atoms with Crippen LogP contribution in [0.3, 0.4) is 0 Å². The average molecular weight is 170 g/mol. The summed E-state index contributed by atoms with van der Waals surface area (Å²) >= 11 is 0. The van der Waals surface area contributed by atoms with Crippen molar-refractivity contribution in [1.29, 1.82) is 0 Å². The highest BCUT2D eigenvalue weighted by molar-refractivity contribution is 5.76. The normalized spacial score (nSPS) is 26.6. The quantitative estimate of drug-likeness (QED) is 0.648. The molecule has 1 aliphatic heterocycles. The molecule has 1 amide bonds. The maximum atomic E-state index is 10.8. The first-order chi connectivity index (χ1) is 5.70. The fourth-order valence-electron chi connectivity index (χ4n) is 1.74. The Bertz CT molecular complexity index is 153. The second kappa shape index (κ2) is 4.45. The molecule has 3 N–H and O–H groups in total. The lowest BCUT2D eigenvalue weighted by Gasteiger charge is -2.24. The lowest BCUT2D eigenvalue weighted by Crippen LogP contribution is -2.32. The number of piperidine rings is 1. The van der Waals surface area contributed by atoms with Gasteiger partial charge < -0.3 is 11.1 Å². The molecule has 0 aliphatic carbocycles. The van der Waals surface area contributed by atoms with Crippen LogP contribution in [-0.4, -0.2) is 19.0 Å². The predicted molar refractivity (Wildman–Crippen MR) is 48.6 cm³/mol. The van der Waals surface area contributed by atoms with E-state index in [2.05, 4.69) is 5.32 Å². The molecule has 0 radical (unpaired) electrons. The molecule has 12 heavy (non-hydrogen) atoms. The molecule has 0 aromatic carbocycles. The van der Waals surface area contributed by atoms with E-state index in [1.807, 2.05) is 6.92 Å². The zero-order chi connectivity index (χ0) is 8.97. The van der Waals surface area contributed by atoms with Crippen molar-refractivity contribution in [1.82, 2.24) is 5.32 Å². The maximum absolute atomic E-state index is 10.8. The summed E-state index contributed by atoms with van der Waals surface area (Å²) < 4.78 is 0. The van der Waals surface area contributed by atoms with E-state index in [4.69, 9.17) is 5.73 Å². The van der Waals surface area contributed by atoms with Crippen LogP contribution < -0.4 is 11.1 Å². The van der Waals surface area contributed by atoms with Gasteiger partial charge in [0.1, 0.15) is 0 Å². The van der Waals surface area contributed by atoms with E-state index in [9.17, 15) is 4.79 Å². The second-order valence-electron chi connectivity index (χ2n) is 3.75. The highest BCUT2D eigenvalue weighted by Gasteiger charge is 2.18. The van der Waals surface area contributed by atoms with E-state index in [1.54, 1.807) is 0 Å². The number of nitrogens with two attached hydrogens (primary N) is 1. The number of amides is 1. The first kappa shape index (κ1) is 9.52. The molecule has 1 saturated heterocycles. The van der Waals surface area contributed by atoms with Crippen LogP contribution in [0, 0.1) is 11.8 Å². The van der Waals surface area contributed by atoms with Gasteiger partial charge >= 0.3 is 0 Å². The molecule has 3 heteroatoms. The van der Waals surface area contributed by atoms with Crippen LogP contribution in [0.2, 0.25) is 0 Å². The highest BCUT2D eigenvalue weighted by atomic mass is 16.1. The molecule has 1 rings (SSSR count). The SMILES string of the molecule is C[C@H](C[C@H]1CCCNC1)C(N)=O. The van der Waals surface area contributed by atoms with E-state index in [-0.39, 0.29) is 11.8 Å². The minimum atomic E-state index is -0.166. The summed E-state index contributed by atoms with van der Waals surface area (Å²) in [6, 6.07) is 0. The molecule has 70 valence electrons. The molecule has 1 aliphatic rings. The van der Waals surface area contributed by atoms with Crippen LogP contribution in [0.15, 0.2) is 0 Å². The lowest BCUT2D eigenvalue weighted by atomic mass is 9.89. The van der Waals surface area contributed by atoms with Gasteiger partial charge in [0.15, 0.2) is 0 Å². The fourth-order valence-corrected chi connectivity index (χ4v) is 1.74. The Morgan fingerprint density at radius 2 is 2.50 bits per heavy atom. The van der Waals surface area contributed by atoms with E-state index in [0.717, 1.165) is 19.5 Å². The molecule has 0 bridgehead atoms. The van der Waals surface area contributed by atoms with Gasteiger partial charge in [0, 0.05) is 5.92 Å². The smallest absolute Gasteiger partial charge is 0.220 e. The molecule has 1 fully saturated rings. The Kier molecular flexibility index (Phi) is 3.53. The van der Waals surface area contributed by atoms with Crippen LogP contribution >= 0.6 is 0 Å². The van der Waals surface area contributed by atoms with Crippen molar-refractivity contribution in [3.8, 4) is 0 Å². The van der Waals surface area contributed by atoms with Gasteiger partial charge in [-0.3, -0.25) is 4.79 Å². The van der Waals surface area contributed by atoms with E-state index in [1.165, 1.54) is 12.8 Å². The third kappa shape index (κ3) is 2.81. The van der Waals surface area contributed by atoms with Gasteiger partial charge in [0.2, 0.25) is 5.91 Å². The van der Waals surface area contributed by atoms with E-state index >= 15 is 0 Å². The van der Waals surface area contributed by atoms with Crippen LogP contribution in [0.25, 0.3) is 0 Å². The van der Waals surface area contributed by atoms with Gasteiger partial charge in [-0.05, 0) is 38.3 Å². The molecular weight excluding hydrogens is 152 g/mol. The molecule has 1 heterocycles. The predicted octanol–water partition coefficient (Wildman–Crippen LogP) is 0.497. The Morgan fingerprint density at radius 3 is 3.00 bits per heavy atom. The number of rotatable bonds is 3. The van der Waals surface area contributed by atoms with Crippen LogP contribution in [-0.2, 0) is 4.79 Å². The summed E-state index contributed by atoms with van der Waals surface area (Å²) in [6.07, 6.45) is 3.42. The molecule has 2 atom stereocenters. The largest absolute Gasteiger partial charge is 0.369 e. The minimum Gasteiger partial charge on any atom is -0.369 e. The summed E-state index contributed by atoms with van der Waals surface area (Å²) in [5.74, 6) is 0.525. The highest BCUT2D eigenvalue weighted by Crippen LogP contribution is 2.18. The van der Waals surface area contributed by atoms with Crippen molar-refractivity contribution < 1.29 is 4.79 Å². The molecule has 3 nitrogen and oxygen atoms in total. The number of nitrogens with one attached hydrogen (secondary N) is 1. The zero-order valence-electron chi connectivity index (χ0n) is 7.68. The first-order valence-corrected chi connectivity index (χ1v) is 4.70. The molecular formula is C9H18N2O. The van der Waals surface area contributed by atoms with Gasteiger partial charge in [-0.15, -0.1) is 0 Å².